The Hall–Kier alpha value is -0.840. The van der Waals surface area contributed by atoms with Gasteiger partial charge in [-0.05, 0) is 26.0 Å². The summed E-state index contributed by atoms with van der Waals surface area (Å²) in [4.78, 5) is 2.67. The molecule has 0 aliphatic carbocycles. The maximum Gasteiger partial charge on any atom is 0.0844 e. The third kappa shape index (κ3) is 3.59. The van der Waals surface area contributed by atoms with Crippen LogP contribution in [0.2, 0.25) is 5.02 Å². The van der Waals surface area contributed by atoms with E-state index < -0.39 is 0 Å². The maximum atomic E-state index is 6.16. The van der Waals surface area contributed by atoms with Gasteiger partial charge in [-0.3, -0.25) is 4.68 Å². The van der Waals surface area contributed by atoms with E-state index in [1.165, 1.54) is 9.75 Å². The van der Waals surface area contributed by atoms with E-state index in [1.807, 2.05) is 29.9 Å². The average Bonchev–Trinajstić information content (AvgIpc) is 2.89. The van der Waals surface area contributed by atoms with E-state index in [2.05, 4.69) is 36.4 Å². The molecule has 2 heterocycles. The molecule has 0 saturated carbocycles. The standard InChI is InChI=1S/C14H20ClN3S/c1-9(2)16-7-12-5-6-13(19-12)8-18-11(4)14(15)10(3)17-18/h5-6,9,16H,7-8H2,1-4H3. The van der Waals surface area contributed by atoms with Gasteiger partial charge in [0.2, 0.25) is 0 Å². The number of thiophene rings is 1. The van der Waals surface area contributed by atoms with Crippen molar-refractivity contribution in [3.05, 3.63) is 38.3 Å². The lowest BCUT2D eigenvalue weighted by atomic mass is 10.3. The van der Waals surface area contributed by atoms with Gasteiger partial charge in [-0.25, -0.2) is 0 Å². The van der Waals surface area contributed by atoms with Crippen molar-refractivity contribution in [2.24, 2.45) is 0 Å². The molecular weight excluding hydrogens is 278 g/mol. The lowest BCUT2D eigenvalue weighted by Gasteiger charge is -2.05. The van der Waals surface area contributed by atoms with Gasteiger partial charge < -0.3 is 5.32 Å². The first-order valence-electron chi connectivity index (χ1n) is 6.48. The Morgan fingerprint density at radius 3 is 2.58 bits per heavy atom. The Labute approximate surface area is 123 Å². The first-order valence-corrected chi connectivity index (χ1v) is 7.67. The second-order valence-electron chi connectivity index (χ2n) is 5.05. The first kappa shape index (κ1) is 14.6. The molecule has 0 amide bonds. The molecule has 2 rings (SSSR count). The van der Waals surface area contributed by atoms with Crippen LogP contribution in [-0.2, 0) is 13.1 Å². The fourth-order valence-electron chi connectivity index (χ4n) is 1.88. The molecule has 0 saturated heterocycles. The third-order valence-corrected chi connectivity index (χ3v) is 4.62. The molecule has 0 aliphatic rings. The topological polar surface area (TPSA) is 29.9 Å². The Balaban J connectivity index is 2.05. The van der Waals surface area contributed by atoms with Crippen LogP contribution < -0.4 is 5.32 Å². The molecule has 104 valence electrons. The maximum absolute atomic E-state index is 6.16. The molecule has 2 aromatic rings. The fourth-order valence-corrected chi connectivity index (χ4v) is 2.97. The summed E-state index contributed by atoms with van der Waals surface area (Å²) in [5, 5.41) is 8.67. The van der Waals surface area contributed by atoms with E-state index in [4.69, 9.17) is 11.6 Å². The Bertz CT molecular complexity index is 557. The molecule has 0 spiro atoms. The van der Waals surface area contributed by atoms with E-state index in [0.717, 1.165) is 29.5 Å². The lowest BCUT2D eigenvalue weighted by molar-refractivity contribution is 0.593. The van der Waals surface area contributed by atoms with E-state index in [0.29, 0.717) is 6.04 Å². The predicted octanol–water partition coefficient (Wildman–Crippen LogP) is 3.76. The van der Waals surface area contributed by atoms with Gasteiger partial charge in [0, 0.05) is 22.3 Å². The second kappa shape index (κ2) is 6.07. The van der Waals surface area contributed by atoms with Gasteiger partial charge in [0.25, 0.3) is 0 Å². The Morgan fingerprint density at radius 1 is 1.32 bits per heavy atom. The highest BCUT2D eigenvalue weighted by molar-refractivity contribution is 7.11. The minimum absolute atomic E-state index is 0.514. The highest BCUT2D eigenvalue weighted by Gasteiger charge is 2.10. The molecule has 0 fully saturated rings. The number of aryl methyl sites for hydroxylation is 1. The SMILES string of the molecule is Cc1nn(Cc2ccc(CNC(C)C)s2)c(C)c1Cl. The van der Waals surface area contributed by atoms with Crippen LogP contribution in [0.1, 0.15) is 35.0 Å². The number of halogens is 1. The molecule has 0 unspecified atom stereocenters. The van der Waals surface area contributed by atoms with Crippen molar-refractivity contribution in [1.82, 2.24) is 15.1 Å². The third-order valence-electron chi connectivity index (χ3n) is 3.00. The van der Waals surface area contributed by atoms with Gasteiger partial charge in [-0.1, -0.05) is 25.4 Å². The minimum atomic E-state index is 0.514. The summed E-state index contributed by atoms with van der Waals surface area (Å²) in [6.07, 6.45) is 0. The Morgan fingerprint density at radius 2 is 2.00 bits per heavy atom. The zero-order chi connectivity index (χ0) is 14.0. The van der Waals surface area contributed by atoms with Crippen LogP contribution in [0.5, 0.6) is 0 Å². The van der Waals surface area contributed by atoms with Crippen LogP contribution in [0.25, 0.3) is 0 Å². The molecule has 0 atom stereocenters. The van der Waals surface area contributed by atoms with Crippen molar-refractivity contribution in [3.8, 4) is 0 Å². The van der Waals surface area contributed by atoms with Crippen molar-refractivity contribution >= 4 is 22.9 Å². The highest BCUT2D eigenvalue weighted by Crippen LogP contribution is 2.22. The second-order valence-corrected chi connectivity index (χ2v) is 6.68. The monoisotopic (exact) mass is 297 g/mol. The highest BCUT2D eigenvalue weighted by atomic mass is 35.5. The van der Waals surface area contributed by atoms with Crippen molar-refractivity contribution in [2.45, 2.75) is 46.8 Å². The number of nitrogens with zero attached hydrogens (tertiary/aromatic N) is 2. The van der Waals surface area contributed by atoms with Gasteiger partial charge in [0.05, 0.1) is 23.0 Å². The average molecular weight is 298 g/mol. The molecular formula is C14H20ClN3S. The molecule has 0 aliphatic heterocycles. The summed E-state index contributed by atoms with van der Waals surface area (Å²) in [5.41, 5.74) is 1.94. The molecule has 0 aromatic carbocycles. The number of rotatable bonds is 5. The van der Waals surface area contributed by atoms with Gasteiger partial charge in [-0.2, -0.15) is 5.10 Å². The molecule has 5 heteroatoms. The van der Waals surface area contributed by atoms with Crippen LogP contribution in [0, 0.1) is 13.8 Å². The smallest absolute Gasteiger partial charge is 0.0844 e. The summed E-state index contributed by atoms with van der Waals surface area (Å²) in [6.45, 7) is 10.0. The van der Waals surface area contributed by atoms with Crippen LogP contribution in [0.15, 0.2) is 12.1 Å². The van der Waals surface area contributed by atoms with Crippen LogP contribution in [0.3, 0.4) is 0 Å². The summed E-state index contributed by atoms with van der Waals surface area (Å²) in [6, 6.07) is 4.87. The summed E-state index contributed by atoms with van der Waals surface area (Å²) < 4.78 is 1.98. The van der Waals surface area contributed by atoms with Gasteiger partial charge in [-0.15, -0.1) is 11.3 Å². The van der Waals surface area contributed by atoms with E-state index in [1.54, 1.807) is 0 Å². The zero-order valence-electron chi connectivity index (χ0n) is 11.8. The quantitative estimate of drug-likeness (QED) is 0.910. The number of hydrogen-bond acceptors (Lipinski definition) is 3. The number of aromatic nitrogens is 2. The van der Waals surface area contributed by atoms with E-state index in [9.17, 15) is 0 Å². The largest absolute Gasteiger partial charge is 0.310 e. The summed E-state index contributed by atoms with van der Waals surface area (Å²) >= 11 is 7.99. The molecule has 1 N–H and O–H groups in total. The zero-order valence-corrected chi connectivity index (χ0v) is 13.4. The van der Waals surface area contributed by atoms with Gasteiger partial charge >= 0.3 is 0 Å². The van der Waals surface area contributed by atoms with E-state index >= 15 is 0 Å². The first-order chi connectivity index (χ1) is 8.97. The van der Waals surface area contributed by atoms with Crippen molar-refractivity contribution in [3.63, 3.8) is 0 Å². The van der Waals surface area contributed by atoms with Crippen molar-refractivity contribution in [2.75, 3.05) is 0 Å². The number of hydrogen-bond donors (Lipinski definition) is 1. The fraction of sp³-hybridized carbons (Fsp3) is 0.500. The van der Waals surface area contributed by atoms with Gasteiger partial charge in [0.15, 0.2) is 0 Å². The van der Waals surface area contributed by atoms with Crippen LogP contribution >= 0.6 is 22.9 Å². The number of nitrogens with one attached hydrogen (secondary N) is 1. The molecule has 3 nitrogen and oxygen atoms in total. The minimum Gasteiger partial charge on any atom is -0.310 e. The van der Waals surface area contributed by atoms with E-state index in [-0.39, 0.29) is 0 Å². The molecule has 0 radical (unpaired) electrons. The molecule has 0 bridgehead atoms. The van der Waals surface area contributed by atoms with Gasteiger partial charge in [0.1, 0.15) is 0 Å². The van der Waals surface area contributed by atoms with Crippen molar-refractivity contribution < 1.29 is 0 Å². The summed E-state index contributed by atoms with van der Waals surface area (Å²) in [7, 11) is 0. The van der Waals surface area contributed by atoms with Crippen LogP contribution in [0.4, 0.5) is 0 Å². The molecule has 19 heavy (non-hydrogen) atoms. The lowest BCUT2D eigenvalue weighted by Crippen LogP contribution is -2.21. The normalized spacial score (nSPS) is 11.5. The molecule has 2 aromatic heterocycles. The van der Waals surface area contributed by atoms with Crippen molar-refractivity contribution in [1.29, 1.82) is 0 Å². The Kier molecular flexibility index (Phi) is 4.66. The summed E-state index contributed by atoms with van der Waals surface area (Å²) in [5.74, 6) is 0. The van der Waals surface area contributed by atoms with Crippen LogP contribution in [-0.4, -0.2) is 15.8 Å². The predicted molar refractivity (Wildman–Crippen MR) is 82.1 cm³/mol.